The van der Waals surface area contributed by atoms with Gasteiger partial charge in [0.05, 0.1) is 24.1 Å². The molecule has 0 unspecified atom stereocenters. The first kappa shape index (κ1) is 17.6. The summed E-state index contributed by atoms with van der Waals surface area (Å²) < 4.78 is 50.1. The highest BCUT2D eigenvalue weighted by Crippen LogP contribution is 2.50. The van der Waals surface area contributed by atoms with E-state index in [2.05, 4.69) is 0 Å². The number of halogens is 3. The van der Waals surface area contributed by atoms with Crippen LogP contribution in [0.3, 0.4) is 0 Å². The predicted octanol–water partition coefficient (Wildman–Crippen LogP) is 4.48. The van der Waals surface area contributed by atoms with Gasteiger partial charge in [-0.1, -0.05) is 0 Å². The van der Waals surface area contributed by atoms with Crippen LogP contribution in [0.2, 0.25) is 0 Å². The second kappa shape index (κ2) is 6.52. The van der Waals surface area contributed by atoms with Crippen molar-refractivity contribution < 1.29 is 22.4 Å². The molecule has 0 bridgehead atoms. The topological polar surface area (TPSA) is 35.5 Å². The average Bonchev–Trinajstić information content (AvgIpc) is 2.31. The molecule has 0 aliphatic rings. The van der Waals surface area contributed by atoms with Crippen LogP contribution in [0, 0.1) is 13.8 Å². The lowest BCUT2D eigenvalue weighted by Gasteiger charge is -2.23. The molecule has 3 nitrogen and oxygen atoms in total. The summed E-state index contributed by atoms with van der Waals surface area (Å²) in [4.78, 5) is 0. The molecule has 0 spiro atoms. The number of aryl methyl sites for hydroxylation is 2. The second-order valence-electron chi connectivity index (χ2n) is 4.28. The summed E-state index contributed by atoms with van der Waals surface area (Å²) in [6.45, 7) is 6.81. The number of benzene rings is 1. The van der Waals surface area contributed by atoms with Crippen LogP contribution in [0.5, 0.6) is 0 Å². The zero-order chi connectivity index (χ0) is 15.6. The molecule has 7 heteroatoms. The SMILES string of the molecule is CCOP(=O)(OCC)c1cc(C)c(C)cc1C(F)(F)Cl. The van der Waals surface area contributed by atoms with E-state index >= 15 is 0 Å². The summed E-state index contributed by atoms with van der Waals surface area (Å²) in [5, 5.41) is -3.82. The number of hydrogen-bond acceptors (Lipinski definition) is 3. The van der Waals surface area contributed by atoms with Gasteiger partial charge in [-0.25, -0.2) is 0 Å². The molecule has 1 rings (SSSR count). The molecule has 0 aliphatic carbocycles. The summed E-state index contributed by atoms with van der Waals surface area (Å²) >= 11 is 5.13. The van der Waals surface area contributed by atoms with Crippen LogP contribution >= 0.6 is 19.2 Å². The van der Waals surface area contributed by atoms with Gasteiger partial charge in [-0.05, 0) is 62.6 Å². The van der Waals surface area contributed by atoms with Crippen molar-refractivity contribution in [1.29, 1.82) is 0 Å². The Morgan fingerprint density at radius 1 is 1.15 bits per heavy atom. The summed E-state index contributed by atoms with van der Waals surface area (Å²) in [6, 6.07) is 2.62. The average molecular weight is 327 g/mol. The van der Waals surface area contributed by atoms with E-state index in [-0.39, 0.29) is 18.5 Å². The van der Waals surface area contributed by atoms with Crippen LogP contribution in [-0.4, -0.2) is 13.2 Å². The Morgan fingerprint density at radius 3 is 2.00 bits per heavy atom. The molecule has 0 N–H and O–H groups in total. The predicted molar refractivity (Wildman–Crippen MR) is 76.2 cm³/mol. The van der Waals surface area contributed by atoms with Gasteiger partial charge in [-0.3, -0.25) is 4.57 Å². The van der Waals surface area contributed by atoms with Crippen molar-refractivity contribution in [2.24, 2.45) is 0 Å². The molecule has 0 atom stereocenters. The molecule has 0 saturated carbocycles. The normalized spacial score (nSPS) is 12.8. The van der Waals surface area contributed by atoms with Gasteiger partial charge in [0.25, 0.3) is 0 Å². The van der Waals surface area contributed by atoms with Crippen molar-refractivity contribution >= 4 is 24.5 Å². The molecular weight excluding hydrogens is 309 g/mol. The summed E-state index contributed by atoms with van der Waals surface area (Å²) in [5.74, 6) is 0. The van der Waals surface area contributed by atoms with E-state index in [9.17, 15) is 13.3 Å². The Balaban J connectivity index is 3.55. The van der Waals surface area contributed by atoms with Crippen LogP contribution in [0.1, 0.15) is 30.5 Å². The fraction of sp³-hybridized carbons (Fsp3) is 0.538. The van der Waals surface area contributed by atoms with Crippen molar-refractivity contribution in [3.05, 3.63) is 28.8 Å². The van der Waals surface area contributed by atoms with Crippen molar-refractivity contribution in [2.45, 2.75) is 33.1 Å². The zero-order valence-electron chi connectivity index (χ0n) is 11.9. The minimum absolute atomic E-state index is 0.0809. The maximum atomic E-state index is 13.6. The van der Waals surface area contributed by atoms with E-state index in [0.717, 1.165) is 0 Å². The Bertz CT molecular complexity index is 519. The highest BCUT2D eigenvalue weighted by Gasteiger charge is 2.39. The van der Waals surface area contributed by atoms with E-state index < -0.39 is 18.5 Å². The fourth-order valence-corrected chi connectivity index (χ4v) is 3.88. The molecule has 0 amide bonds. The van der Waals surface area contributed by atoms with Crippen molar-refractivity contribution in [3.63, 3.8) is 0 Å². The van der Waals surface area contributed by atoms with Gasteiger partial charge >= 0.3 is 13.0 Å². The largest absolute Gasteiger partial charge is 0.361 e. The third-order valence-corrected chi connectivity index (χ3v) is 5.17. The van der Waals surface area contributed by atoms with Gasteiger partial charge in [0.1, 0.15) is 0 Å². The summed E-state index contributed by atoms with van der Waals surface area (Å²) in [6.07, 6.45) is 0. The number of hydrogen-bond donors (Lipinski definition) is 0. The number of rotatable bonds is 6. The first-order valence-electron chi connectivity index (χ1n) is 6.23. The highest BCUT2D eigenvalue weighted by molar-refractivity contribution is 7.62. The van der Waals surface area contributed by atoms with Gasteiger partial charge in [-0.15, -0.1) is 0 Å². The molecule has 1 aromatic rings. The molecule has 0 radical (unpaired) electrons. The van der Waals surface area contributed by atoms with Crippen molar-refractivity contribution in [2.75, 3.05) is 13.2 Å². The van der Waals surface area contributed by atoms with E-state index in [1.54, 1.807) is 27.7 Å². The third kappa shape index (κ3) is 3.79. The molecule has 0 heterocycles. The quantitative estimate of drug-likeness (QED) is 0.571. The first-order valence-corrected chi connectivity index (χ1v) is 8.16. The molecule has 0 fully saturated rings. The maximum Gasteiger partial charge on any atom is 0.361 e. The standard InChI is InChI=1S/C13H18ClF2O3P/c1-5-18-20(17,19-6-2)12-8-10(4)9(3)7-11(12)13(14,15)16/h7-8H,5-6H2,1-4H3. The lowest BCUT2D eigenvalue weighted by molar-refractivity contribution is 0.0956. The molecular formula is C13H18ClF2O3P. The van der Waals surface area contributed by atoms with Crippen LogP contribution in [-0.2, 0) is 19.0 Å². The Hall–Kier alpha value is -0.480. The maximum absolute atomic E-state index is 13.6. The lowest BCUT2D eigenvalue weighted by Crippen LogP contribution is -2.22. The van der Waals surface area contributed by atoms with Gasteiger partial charge in [0, 0.05) is 0 Å². The molecule has 114 valence electrons. The van der Waals surface area contributed by atoms with Crippen LogP contribution in [0.25, 0.3) is 0 Å². The monoisotopic (exact) mass is 326 g/mol. The first-order chi connectivity index (χ1) is 9.15. The zero-order valence-corrected chi connectivity index (χ0v) is 13.5. The van der Waals surface area contributed by atoms with E-state index in [4.69, 9.17) is 20.6 Å². The molecule has 0 aliphatic heterocycles. The minimum atomic E-state index is -3.82. The van der Waals surface area contributed by atoms with Gasteiger partial charge in [0.15, 0.2) is 0 Å². The second-order valence-corrected chi connectivity index (χ2v) is 6.75. The summed E-state index contributed by atoms with van der Waals surface area (Å²) in [5.41, 5.74) is 0.806. The van der Waals surface area contributed by atoms with Gasteiger partial charge < -0.3 is 9.05 Å². The van der Waals surface area contributed by atoms with Gasteiger partial charge in [0.2, 0.25) is 0 Å². The minimum Gasteiger partial charge on any atom is -0.305 e. The molecule has 0 saturated heterocycles. The van der Waals surface area contributed by atoms with Crippen LogP contribution in [0.4, 0.5) is 8.78 Å². The van der Waals surface area contributed by atoms with E-state index in [0.29, 0.717) is 11.1 Å². The van der Waals surface area contributed by atoms with Crippen LogP contribution < -0.4 is 5.30 Å². The van der Waals surface area contributed by atoms with E-state index in [1.165, 1.54) is 12.1 Å². The summed E-state index contributed by atoms with van der Waals surface area (Å²) in [7, 11) is -3.82. The molecule has 20 heavy (non-hydrogen) atoms. The Labute approximate surface area is 122 Å². The lowest BCUT2D eigenvalue weighted by atomic mass is 10.1. The van der Waals surface area contributed by atoms with E-state index in [1.807, 2.05) is 0 Å². The third-order valence-electron chi connectivity index (χ3n) is 2.81. The highest BCUT2D eigenvalue weighted by atomic mass is 35.5. The Kier molecular flexibility index (Phi) is 5.73. The molecule has 1 aromatic carbocycles. The molecule has 0 aromatic heterocycles. The number of alkyl halides is 3. The smallest absolute Gasteiger partial charge is 0.305 e. The van der Waals surface area contributed by atoms with Gasteiger partial charge in [-0.2, -0.15) is 8.78 Å². The van der Waals surface area contributed by atoms with Crippen LogP contribution in [0.15, 0.2) is 12.1 Å². The fourth-order valence-electron chi connectivity index (χ4n) is 1.77. The van der Waals surface area contributed by atoms with Crippen molar-refractivity contribution in [1.82, 2.24) is 0 Å². The van der Waals surface area contributed by atoms with Crippen molar-refractivity contribution in [3.8, 4) is 0 Å². The Morgan fingerprint density at radius 2 is 1.60 bits per heavy atom.